The molecule has 26 heavy (non-hydrogen) atoms. The highest BCUT2D eigenvalue weighted by Crippen LogP contribution is 2.67. The lowest BCUT2D eigenvalue weighted by atomic mass is 9.56. The van der Waals surface area contributed by atoms with Crippen molar-refractivity contribution in [2.24, 2.45) is 0 Å². The van der Waals surface area contributed by atoms with Gasteiger partial charge >= 0.3 is 0 Å². The Morgan fingerprint density at radius 2 is 1.50 bits per heavy atom. The summed E-state index contributed by atoms with van der Waals surface area (Å²) in [6.45, 7) is 6.61. The van der Waals surface area contributed by atoms with E-state index in [1.165, 1.54) is 11.1 Å². The predicted molar refractivity (Wildman–Crippen MR) is 100 cm³/mol. The number of hydrogen-bond acceptors (Lipinski definition) is 3. The second-order valence-electron chi connectivity index (χ2n) is 9.36. The summed E-state index contributed by atoms with van der Waals surface area (Å²) in [5.74, 6) is 0.558. The average Bonchev–Trinajstić information content (AvgIpc) is 3.02. The number of ketones is 2. The second kappa shape index (κ2) is 4.70. The molecule has 2 fully saturated rings. The second-order valence-corrected chi connectivity index (χ2v) is 9.36. The van der Waals surface area contributed by atoms with E-state index in [-0.39, 0.29) is 22.4 Å². The first kappa shape index (κ1) is 15.9. The van der Waals surface area contributed by atoms with Gasteiger partial charge in [-0.2, -0.15) is 0 Å². The van der Waals surface area contributed by atoms with Crippen molar-refractivity contribution in [2.75, 3.05) is 0 Å². The van der Waals surface area contributed by atoms with Crippen LogP contribution >= 0.6 is 0 Å². The smallest absolute Gasteiger partial charge is 0.134 e. The summed E-state index contributed by atoms with van der Waals surface area (Å²) < 4.78 is 0. The lowest BCUT2D eigenvalue weighted by Gasteiger charge is -2.46. The van der Waals surface area contributed by atoms with E-state index in [1.54, 1.807) is 0 Å². The van der Waals surface area contributed by atoms with Crippen LogP contribution in [0.5, 0.6) is 0 Å². The molecule has 0 atom stereocenters. The van der Waals surface area contributed by atoms with E-state index in [0.29, 0.717) is 25.7 Å². The van der Waals surface area contributed by atoms with E-state index in [9.17, 15) is 9.59 Å². The van der Waals surface area contributed by atoms with E-state index >= 15 is 0 Å². The summed E-state index contributed by atoms with van der Waals surface area (Å²) in [6, 6.07) is 10.6. The zero-order chi connectivity index (χ0) is 18.3. The lowest BCUT2D eigenvalue weighted by molar-refractivity contribution is -0.120. The Bertz CT molecular complexity index is 960. The van der Waals surface area contributed by atoms with E-state index in [4.69, 9.17) is 4.98 Å². The summed E-state index contributed by atoms with van der Waals surface area (Å²) in [4.78, 5) is 30.1. The number of carbonyl (C=O) groups excluding carboxylic acids is 2. The van der Waals surface area contributed by atoms with E-state index < -0.39 is 5.41 Å². The van der Waals surface area contributed by atoms with Crippen LogP contribution in [-0.4, -0.2) is 16.6 Å². The molecule has 0 amide bonds. The minimum Gasteiger partial charge on any atom is -0.300 e. The molecule has 3 heteroatoms. The van der Waals surface area contributed by atoms with Crippen molar-refractivity contribution in [3.63, 3.8) is 0 Å². The number of rotatable bonds is 0. The zero-order valence-corrected chi connectivity index (χ0v) is 15.6. The third-order valence-corrected chi connectivity index (χ3v) is 6.89. The fraction of sp³-hybridized carbons (Fsp3) is 0.435. The fourth-order valence-corrected chi connectivity index (χ4v) is 5.79. The van der Waals surface area contributed by atoms with Crippen LogP contribution in [0, 0.1) is 0 Å². The first-order chi connectivity index (χ1) is 12.3. The van der Waals surface area contributed by atoms with E-state index in [2.05, 4.69) is 45.0 Å². The minimum atomic E-state index is -0.395. The highest BCUT2D eigenvalue weighted by molar-refractivity contribution is 5.98. The van der Waals surface area contributed by atoms with Gasteiger partial charge in [-0.3, -0.25) is 14.6 Å². The number of benzene rings is 1. The largest absolute Gasteiger partial charge is 0.300 e. The van der Waals surface area contributed by atoms with Gasteiger partial charge in [0.1, 0.15) is 11.6 Å². The summed E-state index contributed by atoms with van der Waals surface area (Å²) in [6.07, 6.45) is 3.71. The maximum absolute atomic E-state index is 12.7. The predicted octanol–water partition coefficient (Wildman–Crippen LogP) is 4.26. The number of fused-ring (bicyclic) bond motifs is 3. The van der Waals surface area contributed by atoms with Crippen molar-refractivity contribution in [1.82, 2.24) is 4.98 Å². The standard InChI is InChI=1S/C23H23NO2/c1-21(2,3)14-6-7-17-19(9-14)23-12-15(25)10-22(23,11-16(26)13-23)18-5-4-8-24-20(17)18/h4-9H,10-13H2,1-3H3. The van der Waals surface area contributed by atoms with Crippen LogP contribution in [0.1, 0.15) is 63.1 Å². The lowest BCUT2D eigenvalue weighted by Crippen LogP contribution is -2.44. The normalized spacial score (nSPS) is 29.2. The van der Waals surface area contributed by atoms with Gasteiger partial charge in [-0.05, 0) is 28.2 Å². The van der Waals surface area contributed by atoms with Crippen LogP contribution < -0.4 is 0 Å². The molecule has 1 aromatic carbocycles. The Morgan fingerprint density at radius 3 is 2.12 bits per heavy atom. The molecule has 0 bridgehead atoms. The van der Waals surface area contributed by atoms with Crippen LogP contribution in [-0.2, 0) is 25.8 Å². The molecule has 0 N–H and O–H groups in total. The van der Waals surface area contributed by atoms with Crippen molar-refractivity contribution in [1.29, 1.82) is 0 Å². The van der Waals surface area contributed by atoms with Crippen LogP contribution in [0.3, 0.4) is 0 Å². The van der Waals surface area contributed by atoms with E-state index in [1.807, 2.05) is 12.3 Å². The Kier molecular flexibility index (Phi) is 2.88. The Balaban J connectivity index is 1.90. The van der Waals surface area contributed by atoms with Gasteiger partial charge in [0.15, 0.2) is 0 Å². The van der Waals surface area contributed by atoms with Gasteiger partial charge in [0.25, 0.3) is 0 Å². The van der Waals surface area contributed by atoms with Gasteiger partial charge in [0, 0.05) is 48.3 Å². The van der Waals surface area contributed by atoms with Crippen LogP contribution in [0.2, 0.25) is 0 Å². The van der Waals surface area contributed by atoms with Gasteiger partial charge in [-0.15, -0.1) is 0 Å². The number of Topliss-reactive ketones (excluding diaryl/α,β-unsaturated/α-hetero) is 2. The summed E-state index contributed by atoms with van der Waals surface area (Å²) in [7, 11) is 0. The van der Waals surface area contributed by atoms with E-state index in [0.717, 1.165) is 16.8 Å². The third kappa shape index (κ3) is 1.76. The molecule has 1 aromatic heterocycles. The van der Waals surface area contributed by atoms with Crippen molar-refractivity contribution in [3.8, 4) is 11.3 Å². The van der Waals surface area contributed by atoms with Crippen LogP contribution in [0.15, 0.2) is 36.5 Å². The number of pyridine rings is 1. The average molecular weight is 345 g/mol. The molecule has 2 aromatic rings. The maximum Gasteiger partial charge on any atom is 0.134 e. The molecule has 0 spiro atoms. The number of nitrogens with zero attached hydrogens (tertiary/aromatic N) is 1. The fourth-order valence-electron chi connectivity index (χ4n) is 5.79. The molecule has 0 saturated heterocycles. The van der Waals surface area contributed by atoms with Gasteiger partial charge < -0.3 is 0 Å². The molecule has 3 aliphatic rings. The third-order valence-electron chi connectivity index (χ3n) is 6.89. The summed E-state index contributed by atoms with van der Waals surface area (Å²) >= 11 is 0. The van der Waals surface area contributed by atoms with Crippen molar-refractivity contribution in [3.05, 3.63) is 53.2 Å². The van der Waals surface area contributed by atoms with Gasteiger partial charge in [-0.25, -0.2) is 0 Å². The number of aromatic nitrogens is 1. The maximum atomic E-state index is 12.7. The van der Waals surface area contributed by atoms with Gasteiger partial charge in [0.2, 0.25) is 0 Å². The quantitative estimate of drug-likeness (QED) is 0.717. The van der Waals surface area contributed by atoms with Crippen molar-refractivity contribution < 1.29 is 9.59 Å². The molecule has 0 aliphatic heterocycles. The highest BCUT2D eigenvalue weighted by atomic mass is 16.1. The molecule has 3 aliphatic carbocycles. The first-order valence-corrected chi connectivity index (χ1v) is 9.41. The monoisotopic (exact) mass is 345 g/mol. The molecule has 132 valence electrons. The SMILES string of the molecule is CC(C)(C)c1ccc2c(c1)C13CC(=O)CC1(CC(=O)C3)c1cccnc1-2. The Labute approximate surface area is 153 Å². The number of hydrogen-bond donors (Lipinski definition) is 0. The Morgan fingerprint density at radius 1 is 0.885 bits per heavy atom. The van der Waals surface area contributed by atoms with Crippen LogP contribution in [0.4, 0.5) is 0 Å². The molecule has 0 radical (unpaired) electrons. The molecule has 0 unspecified atom stereocenters. The molecule has 1 heterocycles. The van der Waals surface area contributed by atoms with Crippen molar-refractivity contribution >= 4 is 11.6 Å². The number of carbonyl (C=O) groups is 2. The molecule has 5 rings (SSSR count). The highest BCUT2D eigenvalue weighted by Gasteiger charge is 2.67. The van der Waals surface area contributed by atoms with Gasteiger partial charge in [-0.1, -0.05) is 45.0 Å². The van der Waals surface area contributed by atoms with Crippen molar-refractivity contribution in [2.45, 2.75) is 62.7 Å². The van der Waals surface area contributed by atoms with Gasteiger partial charge in [0.05, 0.1) is 5.69 Å². The molecular formula is C23H23NO2. The first-order valence-electron chi connectivity index (χ1n) is 9.41. The zero-order valence-electron chi connectivity index (χ0n) is 15.6. The molecule has 2 saturated carbocycles. The molecular weight excluding hydrogens is 322 g/mol. The summed E-state index contributed by atoms with van der Waals surface area (Å²) in [5.41, 5.74) is 4.83. The molecule has 3 nitrogen and oxygen atoms in total. The topological polar surface area (TPSA) is 47.0 Å². The van der Waals surface area contributed by atoms with Crippen LogP contribution in [0.25, 0.3) is 11.3 Å². The summed E-state index contributed by atoms with van der Waals surface area (Å²) in [5, 5.41) is 0. The Hall–Kier alpha value is -2.29. The minimum absolute atomic E-state index is 0.0178.